The Kier molecular flexibility index (Phi) is 6.71. The highest BCUT2D eigenvalue weighted by molar-refractivity contribution is 7.98. The maximum absolute atomic E-state index is 13.5. The van der Waals surface area contributed by atoms with Crippen molar-refractivity contribution in [1.29, 1.82) is 0 Å². The van der Waals surface area contributed by atoms with Gasteiger partial charge in [-0.1, -0.05) is 18.2 Å². The third-order valence-electron chi connectivity index (χ3n) is 4.52. The molecule has 3 rings (SSSR count). The van der Waals surface area contributed by atoms with Crippen molar-refractivity contribution >= 4 is 29.2 Å². The van der Waals surface area contributed by atoms with Gasteiger partial charge in [0.25, 0.3) is 0 Å². The summed E-state index contributed by atoms with van der Waals surface area (Å²) >= 11 is 1.03. The molecule has 5 nitrogen and oxygen atoms in total. The van der Waals surface area contributed by atoms with Crippen LogP contribution in [0.2, 0.25) is 0 Å². The zero-order valence-corrected chi connectivity index (χ0v) is 16.6. The van der Waals surface area contributed by atoms with Crippen molar-refractivity contribution in [3.05, 3.63) is 53.6 Å². The third kappa shape index (κ3) is 4.68. The second-order valence-electron chi connectivity index (χ2n) is 6.40. The lowest BCUT2D eigenvalue weighted by molar-refractivity contribution is -0.139. The van der Waals surface area contributed by atoms with E-state index >= 15 is 0 Å². The van der Waals surface area contributed by atoms with E-state index in [1.54, 1.807) is 36.6 Å². The molecule has 1 heterocycles. The quantitative estimate of drug-likeness (QED) is 0.412. The fourth-order valence-electron chi connectivity index (χ4n) is 3.14. The SMILES string of the molecule is CSc1cc2c(cc1C(F)(F)F)N(C(=O)N(OCCCO)c1ccccc1)CC2. The van der Waals surface area contributed by atoms with Crippen molar-refractivity contribution in [2.24, 2.45) is 0 Å². The zero-order valence-electron chi connectivity index (χ0n) is 15.8. The zero-order chi connectivity index (χ0) is 21.0. The maximum Gasteiger partial charge on any atom is 0.417 e. The highest BCUT2D eigenvalue weighted by Gasteiger charge is 2.37. The van der Waals surface area contributed by atoms with Gasteiger partial charge in [0.2, 0.25) is 0 Å². The van der Waals surface area contributed by atoms with Gasteiger partial charge >= 0.3 is 12.2 Å². The Bertz CT molecular complexity index is 862. The molecule has 0 atom stereocenters. The Morgan fingerprint density at radius 1 is 1.28 bits per heavy atom. The van der Waals surface area contributed by atoms with Crippen LogP contribution in [0.1, 0.15) is 17.5 Å². The van der Waals surface area contributed by atoms with Crippen LogP contribution in [-0.2, 0) is 17.4 Å². The molecule has 9 heteroatoms. The highest BCUT2D eigenvalue weighted by Crippen LogP contribution is 2.42. The largest absolute Gasteiger partial charge is 0.417 e. The molecule has 1 N–H and O–H groups in total. The second kappa shape index (κ2) is 9.06. The second-order valence-corrected chi connectivity index (χ2v) is 7.25. The Hall–Kier alpha value is -2.23. The summed E-state index contributed by atoms with van der Waals surface area (Å²) in [4.78, 5) is 20.2. The minimum Gasteiger partial charge on any atom is -0.396 e. The predicted octanol–water partition coefficient (Wildman–Crippen LogP) is 4.73. The van der Waals surface area contributed by atoms with E-state index in [0.29, 0.717) is 24.1 Å². The summed E-state index contributed by atoms with van der Waals surface area (Å²) in [6, 6.07) is 10.6. The van der Waals surface area contributed by atoms with E-state index in [1.807, 2.05) is 0 Å². The number of carbonyl (C=O) groups excluding carboxylic acids is 1. The molecule has 0 aliphatic carbocycles. The van der Waals surface area contributed by atoms with E-state index in [2.05, 4.69) is 0 Å². The molecule has 2 aromatic rings. The number of carbonyl (C=O) groups is 1. The number of fused-ring (bicyclic) bond motifs is 1. The molecule has 29 heavy (non-hydrogen) atoms. The molecule has 0 bridgehead atoms. The molecule has 0 fully saturated rings. The smallest absolute Gasteiger partial charge is 0.396 e. The van der Waals surface area contributed by atoms with Gasteiger partial charge < -0.3 is 5.11 Å². The number of para-hydroxylation sites is 1. The minimum absolute atomic E-state index is 0.0943. The number of anilines is 2. The molecule has 0 spiro atoms. The average molecular weight is 426 g/mol. The van der Waals surface area contributed by atoms with Crippen LogP contribution in [0, 0.1) is 0 Å². The number of thioether (sulfide) groups is 1. The van der Waals surface area contributed by atoms with Gasteiger partial charge in [-0.3, -0.25) is 9.74 Å². The van der Waals surface area contributed by atoms with Crippen LogP contribution in [0.5, 0.6) is 0 Å². The Balaban J connectivity index is 1.95. The van der Waals surface area contributed by atoms with Crippen LogP contribution in [-0.4, -0.2) is 37.2 Å². The van der Waals surface area contributed by atoms with E-state index in [0.717, 1.165) is 22.9 Å². The number of hydroxylamine groups is 1. The number of amides is 2. The number of aliphatic hydroxyl groups excluding tert-OH is 1. The lowest BCUT2D eigenvalue weighted by atomic mass is 10.1. The summed E-state index contributed by atoms with van der Waals surface area (Å²) in [6.45, 7) is 0.253. The Labute approximate surface area is 171 Å². The normalized spacial score (nSPS) is 13.5. The van der Waals surface area contributed by atoms with Gasteiger partial charge in [-0.25, -0.2) is 4.79 Å². The number of halogens is 3. The lowest BCUT2D eigenvalue weighted by Gasteiger charge is -2.28. The lowest BCUT2D eigenvalue weighted by Crippen LogP contribution is -2.43. The molecule has 2 amide bonds. The molecular formula is C20H21F3N2O3S. The molecule has 0 aromatic heterocycles. The summed E-state index contributed by atoms with van der Waals surface area (Å²) < 4.78 is 40.5. The van der Waals surface area contributed by atoms with Gasteiger partial charge in [-0.15, -0.1) is 11.8 Å². The summed E-state index contributed by atoms with van der Waals surface area (Å²) in [5, 5.41) is 10.1. The monoisotopic (exact) mass is 426 g/mol. The first-order chi connectivity index (χ1) is 13.9. The van der Waals surface area contributed by atoms with Gasteiger partial charge in [0, 0.05) is 23.7 Å². The van der Waals surface area contributed by atoms with Crippen LogP contribution in [0.4, 0.5) is 29.3 Å². The highest BCUT2D eigenvalue weighted by atomic mass is 32.2. The van der Waals surface area contributed by atoms with Crippen LogP contribution in [0.3, 0.4) is 0 Å². The number of alkyl halides is 3. The van der Waals surface area contributed by atoms with Crippen molar-refractivity contribution < 1.29 is 27.9 Å². The molecule has 0 unspecified atom stereocenters. The van der Waals surface area contributed by atoms with E-state index < -0.39 is 17.8 Å². The molecule has 1 aliphatic heterocycles. The number of benzene rings is 2. The fourth-order valence-corrected chi connectivity index (χ4v) is 3.79. The first kappa shape index (κ1) is 21.5. The van der Waals surface area contributed by atoms with E-state index in [1.165, 1.54) is 11.0 Å². The minimum atomic E-state index is -4.51. The summed E-state index contributed by atoms with van der Waals surface area (Å²) in [5.41, 5.74) is 0.641. The number of hydrogen-bond acceptors (Lipinski definition) is 4. The molecule has 156 valence electrons. The molecule has 0 saturated heterocycles. The standard InChI is InChI=1S/C20H21F3N2O3S/c1-29-18-12-14-8-9-24(17(14)13-16(18)20(21,22)23)19(27)25(28-11-5-10-26)15-6-3-2-4-7-15/h2-4,6-7,12-13,26H,5,8-11H2,1H3. The molecule has 0 radical (unpaired) electrons. The van der Waals surface area contributed by atoms with Crippen molar-refractivity contribution in [2.75, 3.05) is 36.0 Å². The third-order valence-corrected chi connectivity index (χ3v) is 5.30. The van der Waals surface area contributed by atoms with Gasteiger partial charge in [-0.05, 0) is 48.9 Å². The number of hydrogen-bond donors (Lipinski definition) is 1. The van der Waals surface area contributed by atoms with Gasteiger partial charge in [0.05, 0.1) is 17.9 Å². The predicted molar refractivity (Wildman–Crippen MR) is 106 cm³/mol. The molecule has 0 saturated carbocycles. The van der Waals surface area contributed by atoms with Crippen molar-refractivity contribution in [2.45, 2.75) is 23.9 Å². The average Bonchev–Trinajstić information content (AvgIpc) is 3.13. The van der Waals surface area contributed by atoms with E-state index in [-0.39, 0.29) is 30.3 Å². The van der Waals surface area contributed by atoms with Crippen LogP contribution in [0.15, 0.2) is 47.4 Å². The number of rotatable bonds is 6. The Morgan fingerprint density at radius 2 is 2.00 bits per heavy atom. The molecular weight excluding hydrogens is 405 g/mol. The van der Waals surface area contributed by atoms with Crippen LogP contribution >= 0.6 is 11.8 Å². The first-order valence-corrected chi connectivity index (χ1v) is 10.3. The van der Waals surface area contributed by atoms with E-state index in [9.17, 15) is 18.0 Å². The fraction of sp³-hybridized carbons (Fsp3) is 0.350. The summed E-state index contributed by atoms with van der Waals surface area (Å²) in [6.07, 6.45) is -2.13. The van der Waals surface area contributed by atoms with Crippen LogP contribution in [0.25, 0.3) is 0 Å². The summed E-state index contributed by atoms with van der Waals surface area (Å²) in [7, 11) is 0. The number of aliphatic hydroxyl groups is 1. The first-order valence-electron chi connectivity index (χ1n) is 9.05. The molecule has 1 aliphatic rings. The van der Waals surface area contributed by atoms with Crippen LogP contribution < -0.4 is 9.96 Å². The number of urea groups is 1. The number of nitrogens with zero attached hydrogens (tertiary/aromatic N) is 2. The van der Waals surface area contributed by atoms with E-state index in [4.69, 9.17) is 9.94 Å². The van der Waals surface area contributed by atoms with Crippen molar-refractivity contribution in [3.8, 4) is 0 Å². The maximum atomic E-state index is 13.5. The van der Waals surface area contributed by atoms with Gasteiger partial charge in [-0.2, -0.15) is 18.2 Å². The Morgan fingerprint density at radius 3 is 2.62 bits per heavy atom. The topological polar surface area (TPSA) is 53.0 Å². The summed E-state index contributed by atoms with van der Waals surface area (Å²) in [5.74, 6) is 0. The van der Waals surface area contributed by atoms with Crippen molar-refractivity contribution in [3.63, 3.8) is 0 Å². The van der Waals surface area contributed by atoms with Gasteiger partial charge in [0.1, 0.15) is 0 Å². The van der Waals surface area contributed by atoms with Crippen molar-refractivity contribution in [1.82, 2.24) is 0 Å². The van der Waals surface area contributed by atoms with Gasteiger partial charge in [0.15, 0.2) is 0 Å². The molecule has 2 aromatic carbocycles.